The molecule has 0 spiro atoms. The van der Waals surface area contributed by atoms with Gasteiger partial charge < -0.3 is 14.3 Å². The molecule has 0 aromatic heterocycles. The average Bonchev–Trinajstić information content (AvgIpc) is 2.10. The summed E-state index contributed by atoms with van der Waals surface area (Å²) >= 11 is 0. The molecule has 0 rings (SSSR count). The Labute approximate surface area is 74.1 Å². The van der Waals surface area contributed by atoms with Crippen molar-refractivity contribution < 1.29 is 14.3 Å². The Hall–Kier alpha value is -0.160. The van der Waals surface area contributed by atoms with Gasteiger partial charge in [0.2, 0.25) is 0 Å². The first-order chi connectivity index (χ1) is 5.91. The zero-order valence-corrected chi connectivity index (χ0v) is 7.97. The average molecular weight is 177 g/mol. The number of ether oxygens (including phenoxy) is 2. The Morgan fingerprint density at radius 1 is 1.17 bits per heavy atom. The van der Waals surface area contributed by atoms with Crippen LogP contribution in [0.15, 0.2) is 0 Å². The Morgan fingerprint density at radius 3 is 2.67 bits per heavy atom. The minimum absolute atomic E-state index is 0.666. The van der Waals surface area contributed by atoms with Crippen molar-refractivity contribution in [1.82, 2.24) is 5.48 Å². The fourth-order valence-electron chi connectivity index (χ4n) is 0.665. The van der Waals surface area contributed by atoms with E-state index in [4.69, 9.17) is 14.3 Å². The number of hydrogen-bond donors (Lipinski definition) is 1. The molecule has 74 valence electrons. The normalized spacial score (nSPS) is 10.5. The monoisotopic (exact) mass is 177 g/mol. The molecule has 0 heterocycles. The van der Waals surface area contributed by atoms with Crippen molar-refractivity contribution in [3.8, 4) is 0 Å². The SMILES string of the molecule is CCONCCCOCCOC. The predicted molar refractivity (Wildman–Crippen MR) is 46.9 cm³/mol. The first-order valence-electron chi connectivity index (χ1n) is 4.33. The summed E-state index contributed by atoms with van der Waals surface area (Å²) in [6.45, 7) is 5.57. The lowest BCUT2D eigenvalue weighted by atomic mass is 10.5. The Balaban J connectivity index is 2.73. The smallest absolute Gasteiger partial charge is 0.0700 e. The summed E-state index contributed by atoms with van der Waals surface area (Å²) in [6, 6.07) is 0. The molecule has 4 nitrogen and oxygen atoms in total. The summed E-state index contributed by atoms with van der Waals surface area (Å²) < 4.78 is 10.1. The van der Waals surface area contributed by atoms with Crippen molar-refractivity contribution in [2.24, 2.45) is 0 Å². The van der Waals surface area contributed by atoms with E-state index in [0.29, 0.717) is 19.8 Å². The molecule has 0 radical (unpaired) electrons. The van der Waals surface area contributed by atoms with Gasteiger partial charge in [-0.3, -0.25) is 0 Å². The van der Waals surface area contributed by atoms with Crippen LogP contribution in [0.3, 0.4) is 0 Å². The lowest BCUT2D eigenvalue weighted by molar-refractivity contribution is 0.0355. The lowest BCUT2D eigenvalue weighted by Crippen LogP contribution is -2.17. The Morgan fingerprint density at radius 2 is 2.00 bits per heavy atom. The van der Waals surface area contributed by atoms with Gasteiger partial charge in [-0.25, -0.2) is 5.48 Å². The number of rotatable bonds is 9. The van der Waals surface area contributed by atoms with Crippen molar-refractivity contribution >= 4 is 0 Å². The zero-order chi connectivity index (χ0) is 9.07. The van der Waals surface area contributed by atoms with Crippen LogP contribution in [0, 0.1) is 0 Å². The molecule has 1 N–H and O–H groups in total. The number of nitrogens with one attached hydrogen (secondary N) is 1. The maximum Gasteiger partial charge on any atom is 0.0700 e. The molecular formula is C8H19NO3. The molecule has 0 aliphatic heterocycles. The highest BCUT2D eigenvalue weighted by Gasteiger charge is 1.88. The fraction of sp³-hybridized carbons (Fsp3) is 1.00. The van der Waals surface area contributed by atoms with Gasteiger partial charge in [-0.15, -0.1) is 0 Å². The molecule has 0 aliphatic rings. The molecule has 12 heavy (non-hydrogen) atoms. The van der Waals surface area contributed by atoms with Gasteiger partial charge in [0.05, 0.1) is 19.8 Å². The standard InChI is InChI=1S/C8H19NO3/c1-3-12-9-5-4-6-11-8-7-10-2/h9H,3-8H2,1-2H3. The predicted octanol–water partition coefficient (Wildman–Crippen LogP) is 0.581. The Kier molecular flexibility index (Phi) is 10.7. The van der Waals surface area contributed by atoms with Crippen molar-refractivity contribution in [2.45, 2.75) is 13.3 Å². The lowest BCUT2D eigenvalue weighted by Gasteiger charge is -2.04. The van der Waals surface area contributed by atoms with Gasteiger partial charge in [0.1, 0.15) is 0 Å². The summed E-state index contributed by atoms with van der Waals surface area (Å²) in [6.07, 6.45) is 0.962. The molecular weight excluding hydrogens is 158 g/mol. The second kappa shape index (κ2) is 10.8. The zero-order valence-electron chi connectivity index (χ0n) is 7.97. The van der Waals surface area contributed by atoms with Gasteiger partial charge in [0.25, 0.3) is 0 Å². The molecule has 0 bridgehead atoms. The minimum atomic E-state index is 0.666. The van der Waals surface area contributed by atoms with E-state index in [1.165, 1.54) is 0 Å². The van der Waals surface area contributed by atoms with Crippen molar-refractivity contribution in [3.63, 3.8) is 0 Å². The van der Waals surface area contributed by atoms with Crippen LogP contribution in [0.5, 0.6) is 0 Å². The third-order valence-corrected chi connectivity index (χ3v) is 1.25. The van der Waals surface area contributed by atoms with Crippen LogP contribution in [0.4, 0.5) is 0 Å². The van der Waals surface area contributed by atoms with Gasteiger partial charge in [-0.1, -0.05) is 0 Å². The molecule has 0 aromatic carbocycles. The second-order valence-corrected chi connectivity index (χ2v) is 2.29. The topological polar surface area (TPSA) is 39.7 Å². The van der Waals surface area contributed by atoms with Crippen LogP contribution >= 0.6 is 0 Å². The van der Waals surface area contributed by atoms with Gasteiger partial charge in [-0.05, 0) is 13.3 Å². The number of hydrogen-bond acceptors (Lipinski definition) is 4. The molecule has 0 saturated carbocycles. The quantitative estimate of drug-likeness (QED) is 0.413. The molecule has 0 saturated heterocycles. The van der Waals surface area contributed by atoms with Crippen LogP contribution in [-0.2, 0) is 14.3 Å². The van der Waals surface area contributed by atoms with Crippen LogP contribution < -0.4 is 5.48 Å². The molecule has 0 fully saturated rings. The van der Waals surface area contributed by atoms with Gasteiger partial charge in [-0.2, -0.15) is 0 Å². The summed E-state index contributed by atoms with van der Waals surface area (Å²) in [4.78, 5) is 4.93. The van der Waals surface area contributed by atoms with Crippen molar-refractivity contribution in [3.05, 3.63) is 0 Å². The third kappa shape index (κ3) is 9.84. The van der Waals surface area contributed by atoms with Gasteiger partial charge in [0, 0.05) is 20.3 Å². The fourth-order valence-corrected chi connectivity index (χ4v) is 0.665. The van der Waals surface area contributed by atoms with Crippen molar-refractivity contribution in [2.75, 3.05) is 40.1 Å². The molecule has 0 amide bonds. The highest BCUT2D eigenvalue weighted by atomic mass is 16.6. The van der Waals surface area contributed by atoms with E-state index >= 15 is 0 Å². The summed E-state index contributed by atoms with van der Waals surface area (Å²) in [7, 11) is 1.67. The van der Waals surface area contributed by atoms with E-state index in [1.807, 2.05) is 6.92 Å². The second-order valence-electron chi connectivity index (χ2n) is 2.29. The van der Waals surface area contributed by atoms with E-state index in [1.54, 1.807) is 7.11 Å². The molecule has 0 aliphatic carbocycles. The Bertz CT molecular complexity index is 70.7. The first-order valence-corrected chi connectivity index (χ1v) is 4.33. The van der Waals surface area contributed by atoms with E-state index in [-0.39, 0.29) is 0 Å². The highest BCUT2D eigenvalue weighted by Crippen LogP contribution is 1.81. The summed E-state index contributed by atoms with van der Waals surface area (Å²) in [5.74, 6) is 0. The maximum absolute atomic E-state index is 5.23. The van der Waals surface area contributed by atoms with E-state index in [9.17, 15) is 0 Å². The molecule has 0 aromatic rings. The maximum atomic E-state index is 5.23. The number of hydroxylamine groups is 1. The van der Waals surface area contributed by atoms with Crippen LogP contribution in [-0.4, -0.2) is 40.1 Å². The van der Waals surface area contributed by atoms with Gasteiger partial charge in [0.15, 0.2) is 0 Å². The largest absolute Gasteiger partial charge is 0.382 e. The molecule has 0 atom stereocenters. The highest BCUT2D eigenvalue weighted by molar-refractivity contribution is 4.37. The number of methoxy groups -OCH3 is 1. The summed E-state index contributed by atoms with van der Waals surface area (Å²) in [5.41, 5.74) is 2.81. The molecule has 0 unspecified atom stereocenters. The van der Waals surface area contributed by atoms with Crippen LogP contribution in [0.2, 0.25) is 0 Å². The van der Waals surface area contributed by atoms with Crippen molar-refractivity contribution in [1.29, 1.82) is 0 Å². The molecule has 4 heteroatoms. The van der Waals surface area contributed by atoms with E-state index in [0.717, 1.165) is 19.6 Å². The van der Waals surface area contributed by atoms with E-state index < -0.39 is 0 Å². The van der Waals surface area contributed by atoms with Crippen LogP contribution in [0.1, 0.15) is 13.3 Å². The van der Waals surface area contributed by atoms with E-state index in [2.05, 4.69) is 5.48 Å². The summed E-state index contributed by atoms with van der Waals surface area (Å²) in [5, 5.41) is 0. The first kappa shape index (κ1) is 11.8. The third-order valence-electron chi connectivity index (χ3n) is 1.25. The van der Waals surface area contributed by atoms with Crippen LogP contribution in [0.25, 0.3) is 0 Å². The van der Waals surface area contributed by atoms with Gasteiger partial charge >= 0.3 is 0 Å². The minimum Gasteiger partial charge on any atom is -0.382 e.